The maximum atomic E-state index is 12.2. The van der Waals surface area contributed by atoms with Gasteiger partial charge >= 0.3 is 12.0 Å². The van der Waals surface area contributed by atoms with Crippen LogP contribution in [0.25, 0.3) is 21.1 Å². The molecule has 2 N–H and O–H groups in total. The third kappa shape index (κ3) is 3.42. The summed E-state index contributed by atoms with van der Waals surface area (Å²) in [4.78, 5) is 29.5. The summed E-state index contributed by atoms with van der Waals surface area (Å²) in [6, 6.07) is 11.2. The summed E-state index contributed by atoms with van der Waals surface area (Å²) >= 11 is 1.47. The number of aromatic nitrogens is 2. The number of esters is 1. The zero-order chi connectivity index (χ0) is 20.5. The van der Waals surface area contributed by atoms with E-state index < -0.39 is 5.97 Å². The maximum Gasteiger partial charge on any atom is 0.357 e. The van der Waals surface area contributed by atoms with Crippen molar-refractivity contribution in [2.75, 3.05) is 19.0 Å². The van der Waals surface area contributed by atoms with Crippen molar-refractivity contribution in [1.82, 2.24) is 14.9 Å². The van der Waals surface area contributed by atoms with Gasteiger partial charge in [-0.25, -0.2) is 14.6 Å². The second kappa shape index (κ2) is 7.56. The smallest absolute Gasteiger partial charge is 0.357 e. The van der Waals surface area contributed by atoms with E-state index in [9.17, 15) is 9.59 Å². The lowest BCUT2D eigenvalue weighted by Gasteiger charge is -2.11. The van der Waals surface area contributed by atoms with Gasteiger partial charge in [0, 0.05) is 29.2 Å². The van der Waals surface area contributed by atoms with E-state index in [0.29, 0.717) is 6.61 Å². The van der Waals surface area contributed by atoms with Crippen LogP contribution in [-0.4, -0.2) is 35.2 Å². The molecule has 1 amide bonds. The van der Waals surface area contributed by atoms with Crippen molar-refractivity contribution in [3.05, 3.63) is 53.2 Å². The Morgan fingerprint density at radius 1 is 1.21 bits per heavy atom. The van der Waals surface area contributed by atoms with Crippen LogP contribution >= 0.6 is 11.3 Å². The van der Waals surface area contributed by atoms with E-state index in [1.165, 1.54) is 11.3 Å². The van der Waals surface area contributed by atoms with Crippen LogP contribution in [0.5, 0.6) is 0 Å². The first kappa shape index (κ1) is 18.9. The Hall–Kier alpha value is -3.39. The van der Waals surface area contributed by atoms with Crippen LogP contribution in [-0.2, 0) is 4.74 Å². The predicted molar refractivity (Wildman–Crippen MR) is 115 cm³/mol. The van der Waals surface area contributed by atoms with Crippen LogP contribution in [0.1, 0.15) is 23.1 Å². The number of benzene rings is 1. The van der Waals surface area contributed by atoms with Gasteiger partial charge in [0.2, 0.25) is 0 Å². The van der Waals surface area contributed by atoms with Crippen LogP contribution in [0.3, 0.4) is 0 Å². The number of thiophene rings is 1. The minimum Gasteiger partial charge on any atom is -0.461 e. The lowest BCUT2D eigenvalue weighted by atomic mass is 10.2. The van der Waals surface area contributed by atoms with E-state index in [-0.39, 0.29) is 11.7 Å². The number of rotatable bonds is 4. The first-order valence-electron chi connectivity index (χ1n) is 9.18. The summed E-state index contributed by atoms with van der Waals surface area (Å²) in [7, 11) is 1.61. The molecule has 29 heavy (non-hydrogen) atoms. The second-order valence-electron chi connectivity index (χ2n) is 6.49. The van der Waals surface area contributed by atoms with Gasteiger partial charge in [-0.15, -0.1) is 11.3 Å². The predicted octanol–water partition coefficient (Wildman–Crippen LogP) is 4.67. The molecule has 0 bridgehead atoms. The van der Waals surface area contributed by atoms with E-state index in [1.54, 1.807) is 24.6 Å². The normalized spacial score (nSPS) is 11.0. The number of fused-ring (bicyclic) bond motifs is 2. The van der Waals surface area contributed by atoms with Crippen molar-refractivity contribution in [3.8, 4) is 0 Å². The van der Waals surface area contributed by atoms with Crippen molar-refractivity contribution >= 4 is 55.8 Å². The van der Waals surface area contributed by atoms with E-state index in [0.717, 1.165) is 38.2 Å². The molecule has 148 valence electrons. The van der Waals surface area contributed by atoms with Crippen molar-refractivity contribution in [2.45, 2.75) is 13.8 Å². The molecule has 4 rings (SSSR count). The number of hydrogen-bond acceptors (Lipinski definition) is 6. The summed E-state index contributed by atoms with van der Waals surface area (Å²) in [5.41, 5.74) is 3.58. The Kier molecular flexibility index (Phi) is 4.94. The van der Waals surface area contributed by atoms with E-state index >= 15 is 0 Å². The standard InChI is InChI=1S/C21H20N4O3S/c1-4-28-20(26)17-11-16(15-7-8-29-19(15)24-17)23-14-5-6-18-13(10-14)9-12(2)25(18)21(27)22-3/h5-11H,4H2,1-3H3,(H,22,27)(H,23,24). The fraction of sp³-hybridized carbons (Fsp3) is 0.190. The molecule has 7 nitrogen and oxygen atoms in total. The number of pyridine rings is 1. The minimum atomic E-state index is -0.445. The number of nitrogens with one attached hydrogen (secondary N) is 2. The van der Waals surface area contributed by atoms with Gasteiger partial charge in [0.25, 0.3) is 0 Å². The number of hydrogen-bond donors (Lipinski definition) is 2. The molecule has 3 heterocycles. The molecular formula is C21H20N4O3S. The van der Waals surface area contributed by atoms with Crippen LogP contribution in [0.15, 0.2) is 41.8 Å². The molecule has 0 atom stereocenters. The first-order valence-corrected chi connectivity index (χ1v) is 10.1. The molecule has 0 aliphatic heterocycles. The number of carbonyl (C=O) groups is 2. The van der Waals surface area contributed by atoms with Crippen LogP contribution in [0.2, 0.25) is 0 Å². The lowest BCUT2D eigenvalue weighted by Crippen LogP contribution is -2.25. The number of anilines is 2. The highest BCUT2D eigenvalue weighted by Crippen LogP contribution is 2.31. The topological polar surface area (TPSA) is 85.2 Å². The van der Waals surface area contributed by atoms with Gasteiger partial charge in [0.15, 0.2) is 5.69 Å². The Bertz CT molecular complexity index is 1240. The molecule has 4 aromatic rings. The third-order valence-electron chi connectivity index (χ3n) is 4.60. The molecule has 1 aromatic carbocycles. The van der Waals surface area contributed by atoms with E-state index in [1.807, 2.05) is 42.6 Å². The Labute approximate surface area is 171 Å². The Morgan fingerprint density at radius 3 is 2.79 bits per heavy atom. The quantitative estimate of drug-likeness (QED) is 0.480. The molecule has 0 spiro atoms. The average molecular weight is 408 g/mol. The highest BCUT2D eigenvalue weighted by atomic mass is 32.1. The van der Waals surface area contributed by atoms with Gasteiger partial charge in [0.05, 0.1) is 17.8 Å². The largest absolute Gasteiger partial charge is 0.461 e. The summed E-state index contributed by atoms with van der Waals surface area (Å²) < 4.78 is 6.74. The van der Waals surface area contributed by atoms with Crippen molar-refractivity contribution in [3.63, 3.8) is 0 Å². The zero-order valence-electron chi connectivity index (χ0n) is 16.3. The molecule has 0 saturated carbocycles. The average Bonchev–Trinajstić information content (AvgIpc) is 3.30. The van der Waals surface area contributed by atoms with E-state index in [2.05, 4.69) is 15.6 Å². The zero-order valence-corrected chi connectivity index (χ0v) is 17.1. The van der Waals surface area contributed by atoms with Crippen molar-refractivity contribution in [1.29, 1.82) is 0 Å². The molecule has 0 radical (unpaired) electrons. The third-order valence-corrected chi connectivity index (χ3v) is 5.41. The number of aryl methyl sites for hydroxylation is 1. The SMILES string of the molecule is CCOC(=O)c1cc(Nc2ccc3c(c2)cc(C)n3C(=O)NC)c2ccsc2n1. The highest BCUT2D eigenvalue weighted by Gasteiger charge is 2.15. The summed E-state index contributed by atoms with van der Waals surface area (Å²) in [6.45, 7) is 3.96. The maximum absolute atomic E-state index is 12.2. The lowest BCUT2D eigenvalue weighted by molar-refractivity contribution is 0.0520. The molecular weight excluding hydrogens is 388 g/mol. The van der Waals surface area contributed by atoms with Gasteiger partial charge in [-0.3, -0.25) is 4.57 Å². The van der Waals surface area contributed by atoms with Gasteiger partial charge in [-0.1, -0.05) is 0 Å². The number of carbonyl (C=O) groups excluding carboxylic acids is 2. The molecule has 0 aliphatic rings. The van der Waals surface area contributed by atoms with Crippen molar-refractivity contribution in [2.24, 2.45) is 0 Å². The minimum absolute atomic E-state index is 0.175. The fourth-order valence-electron chi connectivity index (χ4n) is 3.33. The molecule has 0 aliphatic carbocycles. The van der Waals surface area contributed by atoms with Gasteiger partial charge in [-0.05, 0) is 55.6 Å². The van der Waals surface area contributed by atoms with Crippen molar-refractivity contribution < 1.29 is 14.3 Å². The van der Waals surface area contributed by atoms with Crippen LogP contribution < -0.4 is 10.6 Å². The highest BCUT2D eigenvalue weighted by molar-refractivity contribution is 7.16. The van der Waals surface area contributed by atoms with Crippen LogP contribution in [0.4, 0.5) is 16.2 Å². The molecule has 0 unspecified atom stereocenters. The number of amides is 1. The van der Waals surface area contributed by atoms with Gasteiger partial charge < -0.3 is 15.4 Å². The van der Waals surface area contributed by atoms with Gasteiger partial charge in [0.1, 0.15) is 4.83 Å². The van der Waals surface area contributed by atoms with E-state index in [4.69, 9.17) is 4.74 Å². The molecule has 8 heteroatoms. The number of nitrogens with zero attached hydrogens (tertiary/aromatic N) is 2. The molecule has 3 aromatic heterocycles. The number of ether oxygens (including phenoxy) is 1. The summed E-state index contributed by atoms with van der Waals surface area (Å²) in [6.07, 6.45) is 0. The molecule has 0 saturated heterocycles. The monoisotopic (exact) mass is 408 g/mol. The Morgan fingerprint density at radius 2 is 2.03 bits per heavy atom. The fourth-order valence-corrected chi connectivity index (χ4v) is 4.12. The molecule has 0 fully saturated rings. The second-order valence-corrected chi connectivity index (χ2v) is 7.38. The summed E-state index contributed by atoms with van der Waals surface area (Å²) in [5.74, 6) is -0.445. The van der Waals surface area contributed by atoms with Crippen LogP contribution in [0, 0.1) is 6.92 Å². The van der Waals surface area contributed by atoms with Gasteiger partial charge in [-0.2, -0.15) is 0 Å². The Balaban J connectivity index is 1.75. The summed E-state index contributed by atoms with van der Waals surface area (Å²) in [5, 5.41) is 9.85. The first-order chi connectivity index (χ1) is 14.0.